The molecule has 0 unspecified atom stereocenters. The summed E-state index contributed by atoms with van der Waals surface area (Å²) in [6.07, 6.45) is 0.851. The molecule has 2 aromatic rings. The molecule has 0 aliphatic rings. The minimum Gasteiger partial charge on any atom is -0.456 e. The summed E-state index contributed by atoms with van der Waals surface area (Å²) in [4.78, 5) is 23.7. The Kier molecular flexibility index (Phi) is 6.51. The second kappa shape index (κ2) is 8.60. The van der Waals surface area contributed by atoms with Crippen LogP contribution in [0, 0.1) is 0 Å². The van der Waals surface area contributed by atoms with Crippen molar-refractivity contribution in [3.63, 3.8) is 0 Å². The number of carbonyl (C=O) groups excluding carboxylic acids is 2. The number of aromatic nitrogens is 4. The van der Waals surface area contributed by atoms with Crippen LogP contribution in [0.4, 0.5) is 0 Å². The lowest BCUT2D eigenvalue weighted by molar-refractivity contribution is -0.144. The van der Waals surface area contributed by atoms with Crippen molar-refractivity contribution in [2.45, 2.75) is 26.5 Å². The lowest BCUT2D eigenvalue weighted by Crippen LogP contribution is -2.31. The highest BCUT2D eigenvalue weighted by atomic mass is 35.5. The van der Waals surface area contributed by atoms with E-state index in [9.17, 15) is 9.59 Å². The molecule has 0 spiro atoms. The zero-order valence-electron chi connectivity index (χ0n) is 12.8. The van der Waals surface area contributed by atoms with Crippen LogP contribution in [0.25, 0.3) is 0 Å². The fourth-order valence-corrected chi connectivity index (χ4v) is 2.32. The van der Waals surface area contributed by atoms with Crippen LogP contribution in [-0.4, -0.2) is 38.6 Å². The van der Waals surface area contributed by atoms with Crippen LogP contribution in [0.1, 0.15) is 29.5 Å². The highest BCUT2D eigenvalue weighted by molar-refractivity contribution is 6.36. The maximum Gasteiger partial charge on any atom is 0.325 e. The molecule has 128 valence electrons. The molecule has 0 atom stereocenters. The highest BCUT2D eigenvalue weighted by Crippen LogP contribution is 2.20. The number of nitrogens with zero attached hydrogens (tertiary/aromatic N) is 4. The van der Waals surface area contributed by atoms with Gasteiger partial charge < -0.3 is 10.1 Å². The second-order valence-corrected chi connectivity index (χ2v) is 5.63. The van der Waals surface area contributed by atoms with E-state index in [-0.39, 0.29) is 23.7 Å². The van der Waals surface area contributed by atoms with E-state index in [0.29, 0.717) is 17.4 Å². The fourth-order valence-electron chi connectivity index (χ4n) is 1.83. The molecule has 1 aromatic carbocycles. The topological polar surface area (TPSA) is 99.0 Å². The monoisotopic (exact) mass is 371 g/mol. The maximum absolute atomic E-state index is 12.0. The molecule has 0 saturated carbocycles. The average Bonchev–Trinajstić information content (AvgIpc) is 2.98. The number of benzene rings is 1. The quantitative estimate of drug-likeness (QED) is 0.745. The van der Waals surface area contributed by atoms with Crippen LogP contribution in [0.5, 0.6) is 0 Å². The number of nitrogens with one attached hydrogen (secondary N) is 1. The number of ether oxygens (including phenoxy) is 1. The minimum absolute atomic E-state index is 0.0661. The van der Waals surface area contributed by atoms with E-state index in [1.54, 1.807) is 4.68 Å². The van der Waals surface area contributed by atoms with Gasteiger partial charge in [-0.1, -0.05) is 30.1 Å². The normalized spacial score (nSPS) is 10.5. The predicted molar refractivity (Wildman–Crippen MR) is 86.7 cm³/mol. The van der Waals surface area contributed by atoms with Gasteiger partial charge in [-0.15, -0.1) is 5.10 Å². The minimum atomic E-state index is -0.612. The van der Waals surface area contributed by atoms with Crippen LogP contribution in [0.2, 0.25) is 10.0 Å². The Morgan fingerprint density at radius 2 is 2.12 bits per heavy atom. The Hall–Kier alpha value is -2.19. The van der Waals surface area contributed by atoms with Crippen molar-refractivity contribution < 1.29 is 14.3 Å². The number of hydrogen-bond acceptors (Lipinski definition) is 6. The standard InChI is InChI=1S/C14H15Cl2N5O3/c1-2-5-21-12(18-19-20-21)8-24-13(22)7-17-14(23)10-4-3-9(15)6-11(10)16/h3-4,6H,2,5,7-8H2,1H3,(H,17,23). The van der Waals surface area contributed by atoms with Crippen molar-refractivity contribution in [1.29, 1.82) is 0 Å². The molecular formula is C14H15Cl2N5O3. The molecule has 1 amide bonds. The van der Waals surface area contributed by atoms with Gasteiger partial charge in [0.1, 0.15) is 6.54 Å². The second-order valence-electron chi connectivity index (χ2n) is 4.79. The molecule has 0 fully saturated rings. The van der Waals surface area contributed by atoms with Crippen molar-refractivity contribution in [3.8, 4) is 0 Å². The number of carbonyl (C=O) groups is 2. The average molecular weight is 372 g/mol. The number of rotatable bonds is 7. The molecule has 10 heteroatoms. The Bertz CT molecular complexity index is 735. The van der Waals surface area contributed by atoms with Gasteiger partial charge in [-0.25, -0.2) is 4.68 Å². The Labute approximate surface area is 148 Å². The van der Waals surface area contributed by atoms with Crippen LogP contribution in [0.3, 0.4) is 0 Å². The number of tetrazole rings is 1. The molecule has 0 aliphatic carbocycles. The van der Waals surface area contributed by atoms with E-state index in [4.69, 9.17) is 27.9 Å². The van der Waals surface area contributed by atoms with Gasteiger partial charge in [0, 0.05) is 11.6 Å². The van der Waals surface area contributed by atoms with Gasteiger partial charge in [-0.3, -0.25) is 9.59 Å². The summed E-state index contributed by atoms with van der Waals surface area (Å²) in [6, 6.07) is 4.46. The third-order valence-electron chi connectivity index (χ3n) is 2.97. The lowest BCUT2D eigenvalue weighted by Gasteiger charge is -2.08. The Morgan fingerprint density at radius 1 is 1.33 bits per heavy atom. The fraction of sp³-hybridized carbons (Fsp3) is 0.357. The number of halogens is 2. The molecule has 0 bridgehead atoms. The lowest BCUT2D eigenvalue weighted by atomic mass is 10.2. The largest absolute Gasteiger partial charge is 0.456 e. The SMILES string of the molecule is CCCn1nnnc1COC(=O)CNC(=O)c1ccc(Cl)cc1Cl. The van der Waals surface area contributed by atoms with Gasteiger partial charge in [0.2, 0.25) is 0 Å². The predicted octanol–water partition coefficient (Wildman–Crippen LogP) is 1.86. The summed E-state index contributed by atoms with van der Waals surface area (Å²) >= 11 is 11.7. The molecule has 2 rings (SSSR count). The van der Waals surface area contributed by atoms with Gasteiger partial charge >= 0.3 is 5.97 Å². The van der Waals surface area contributed by atoms with Gasteiger partial charge in [0.15, 0.2) is 12.4 Å². The molecule has 0 saturated heterocycles. The molecular weight excluding hydrogens is 357 g/mol. The Morgan fingerprint density at radius 3 is 2.83 bits per heavy atom. The van der Waals surface area contributed by atoms with Gasteiger partial charge in [-0.05, 0) is 35.0 Å². The van der Waals surface area contributed by atoms with Gasteiger partial charge in [0.25, 0.3) is 5.91 Å². The van der Waals surface area contributed by atoms with Crippen molar-refractivity contribution in [2.24, 2.45) is 0 Å². The molecule has 24 heavy (non-hydrogen) atoms. The number of aryl methyl sites for hydroxylation is 1. The first kappa shape index (κ1) is 18.2. The van der Waals surface area contributed by atoms with E-state index in [0.717, 1.165) is 6.42 Å². The van der Waals surface area contributed by atoms with E-state index < -0.39 is 11.9 Å². The van der Waals surface area contributed by atoms with E-state index >= 15 is 0 Å². The first-order valence-electron chi connectivity index (χ1n) is 7.15. The third-order valence-corrected chi connectivity index (χ3v) is 3.52. The third kappa shape index (κ3) is 4.90. The summed E-state index contributed by atoms with van der Waals surface area (Å²) < 4.78 is 6.59. The van der Waals surface area contributed by atoms with Crippen LogP contribution < -0.4 is 5.32 Å². The molecule has 8 nitrogen and oxygen atoms in total. The zero-order chi connectivity index (χ0) is 17.5. The van der Waals surface area contributed by atoms with Crippen LogP contribution in [-0.2, 0) is 22.7 Å². The van der Waals surface area contributed by atoms with E-state index in [1.165, 1.54) is 18.2 Å². The van der Waals surface area contributed by atoms with Crippen LogP contribution in [0.15, 0.2) is 18.2 Å². The number of hydrogen-bond donors (Lipinski definition) is 1. The van der Waals surface area contributed by atoms with Gasteiger partial charge in [0.05, 0.1) is 10.6 Å². The number of esters is 1. The van der Waals surface area contributed by atoms with Crippen LogP contribution >= 0.6 is 23.2 Å². The summed E-state index contributed by atoms with van der Waals surface area (Å²) in [5, 5.41) is 14.1. The van der Waals surface area contributed by atoms with E-state index in [2.05, 4.69) is 20.8 Å². The van der Waals surface area contributed by atoms with Crippen molar-refractivity contribution in [3.05, 3.63) is 39.6 Å². The van der Waals surface area contributed by atoms with Crippen molar-refractivity contribution in [1.82, 2.24) is 25.5 Å². The summed E-state index contributed by atoms with van der Waals surface area (Å²) in [6.45, 7) is 2.25. The highest BCUT2D eigenvalue weighted by Gasteiger charge is 2.14. The number of amides is 1. The van der Waals surface area contributed by atoms with Crippen molar-refractivity contribution >= 4 is 35.1 Å². The molecule has 1 aromatic heterocycles. The van der Waals surface area contributed by atoms with Gasteiger partial charge in [-0.2, -0.15) is 0 Å². The summed E-state index contributed by atoms with van der Waals surface area (Å²) in [5.41, 5.74) is 0.223. The molecule has 0 aliphatic heterocycles. The summed E-state index contributed by atoms with van der Waals surface area (Å²) in [7, 11) is 0. The Balaban J connectivity index is 1.82. The smallest absolute Gasteiger partial charge is 0.325 e. The van der Waals surface area contributed by atoms with E-state index in [1.807, 2.05) is 6.92 Å². The summed E-state index contributed by atoms with van der Waals surface area (Å²) in [5.74, 6) is -0.666. The first-order valence-corrected chi connectivity index (χ1v) is 7.90. The molecule has 1 heterocycles. The van der Waals surface area contributed by atoms with Crippen molar-refractivity contribution in [2.75, 3.05) is 6.54 Å². The molecule has 1 N–H and O–H groups in total. The molecule has 0 radical (unpaired) electrons. The zero-order valence-corrected chi connectivity index (χ0v) is 14.3. The maximum atomic E-state index is 12.0. The first-order chi connectivity index (χ1) is 11.5.